The second-order valence-corrected chi connectivity index (χ2v) is 4.90. The van der Waals surface area contributed by atoms with Crippen LogP contribution in [0.4, 0.5) is 0 Å². The van der Waals surface area contributed by atoms with Crippen LogP contribution in [0.15, 0.2) is 15.6 Å². The Morgan fingerprint density at radius 2 is 2.25 bits per heavy atom. The molecule has 0 atom stereocenters. The number of hydrogen-bond acceptors (Lipinski definition) is 3. The van der Waals surface area contributed by atoms with Gasteiger partial charge in [-0.15, -0.1) is 0 Å². The minimum Gasteiger partial charge on any atom is -0.379 e. The van der Waals surface area contributed by atoms with Crippen molar-refractivity contribution in [2.75, 3.05) is 13.2 Å². The molecule has 0 bridgehead atoms. The smallest absolute Gasteiger partial charge is 0.267 e. The van der Waals surface area contributed by atoms with Crippen molar-refractivity contribution in [1.29, 1.82) is 0 Å². The van der Waals surface area contributed by atoms with Gasteiger partial charge in [0.1, 0.15) is 4.47 Å². The van der Waals surface area contributed by atoms with Crippen molar-refractivity contribution < 1.29 is 4.74 Å². The summed E-state index contributed by atoms with van der Waals surface area (Å²) in [7, 11) is 0. The van der Waals surface area contributed by atoms with Gasteiger partial charge in [0.25, 0.3) is 5.56 Å². The molecular formula is C11H17BrN2O2. The van der Waals surface area contributed by atoms with Crippen LogP contribution in [-0.2, 0) is 11.3 Å². The van der Waals surface area contributed by atoms with E-state index < -0.39 is 0 Å². The summed E-state index contributed by atoms with van der Waals surface area (Å²) in [5.74, 6) is 0.514. The molecule has 1 aromatic heterocycles. The zero-order chi connectivity index (χ0) is 12.1. The van der Waals surface area contributed by atoms with Crippen LogP contribution in [0.25, 0.3) is 0 Å². The predicted octanol–water partition coefficient (Wildman–Crippen LogP) is 1.99. The molecule has 0 aliphatic heterocycles. The molecule has 0 aliphatic rings. The Morgan fingerprint density at radius 1 is 1.56 bits per heavy atom. The molecule has 0 radical (unpaired) electrons. The molecule has 1 rings (SSSR count). The van der Waals surface area contributed by atoms with Crippen molar-refractivity contribution in [2.24, 2.45) is 5.92 Å². The van der Waals surface area contributed by atoms with Gasteiger partial charge >= 0.3 is 0 Å². The molecule has 0 aliphatic carbocycles. The number of aryl methyl sites for hydroxylation is 1. The standard InChI is InChI=1S/C11H17BrN2O2/c1-8(2)6-16-5-4-14-7-13-9(3)10(12)11(14)15/h7-8H,4-6H2,1-3H3. The first-order valence-electron chi connectivity index (χ1n) is 5.31. The van der Waals surface area contributed by atoms with Crippen molar-refractivity contribution >= 4 is 15.9 Å². The molecule has 90 valence electrons. The summed E-state index contributed by atoms with van der Waals surface area (Å²) >= 11 is 3.23. The Kier molecular flexibility index (Phi) is 5.15. The lowest BCUT2D eigenvalue weighted by atomic mass is 10.2. The summed E-state index contributed by atoms with van der Waals surface area (Å²) in [6, 6.07) is 0. The lowest BCUT2D eigenvalue weighted by Gasteiger charge is -2.09. The third-order valence-corrected chi connectivity index (χ3v) is 3.00. The van der Waals surface area contributed by atoms with E-state index in [2.05, 4.69) is 34.8 Å². The van der Waals surface area contributed by atoms with Gasteiger partial charge in [-0.05, 0) is 28.8 Å². The van der Waals surface area contributed by atoms with Gasteiger partial charge in [0.2, 0.25) is 0 Å². The third kappa shape index (κ3) is 3.72. The van der Waals surface area contributed by atoms with Crippen LogP contribution in [0.2, 0.25) is 0 Å². The Bertz CT molecular complexity index is 401. The van der Waals surface area contributed by atoms with Crippen LogP contribution >= 0.6 is 15.9 Å². The van der Waals surface area contributed by atoms with Crippen LogP contribution in [-0.4, -0.2) is 22.8 Å². The molecule has 16 heavy (non-hydrogen) atoms. The fourth-order valence-corrected chi connectivity index (χ4v) is 1.52. The molecular weight excluding hydrogens is 272 g/mol. The maximum atomic E-state index is 11.7. The van der Waals surface area contributed by atoms with Gasteiger partial charge < -0.3 is 4.74 Å². The SMILES string of the molecule is Cc1ncn(CCOCC(C)C)c(=O)c1Br. The Labute approximate surface area is 104 Å². The van der Waals surface area contributed by atoms with Crippen molar-refractivity contribution in [3.63, 3.8) is 0 Å². The number of rotatable bonds is 5. The Morgan fingerprint density at radius 3 is 2.88 bits per heavy atom. The van der Waals surface area contributed by atoms with Crippen LogP contribution in [0.1, 0.15) is 19.5 Å². The number of nitrogens with zero attached hydrogens (tertiary/aromatic N) is 2. The maximum Gasteiger partial charge on any atom is 0.267 e. The average molecular weight is 289 g/mol. The fourth-order valence-electron chi connectivity index (χ4n) is 1.19. The third-order valence-electron chi connectivity index (χ3n) is 2.08. The summed E-state index contributed by atoms with van der Waals surface area (Å²) in [6.07, 6.45) is 1.56. The van der Waals surface area contributed by atoms with Gasteiger partial charge in [-0.25, -0.2) is 4.98 Å². The van der Waals surface area contributed by atoms with E-state index in [-0.39, 0.29) is 5.56 Å². The second kappa shape index (κ2) is 6.15. The zero-order valence-corrected chi connectivity index (χ0v) is 11.5. The summed E-state index contributed by atoms with van der Waals surface area (Å²) in [5, 5.41) is 0. The highest BCUT2D eigenvalue weighted by Gasteiger charge is 2.04. The van der Waals surface area contributed by atoms with Crippen molar-refractivity contribution in [3.05, 3.63) is 26.8 Å². The highest BCUT2D eigenvalue weighted by Crippen LogP contribution is 2.05. The molecule has 0 aromatic carbocycles. The lowest BCUT2D eigenvalue weighted by molar-refractivity contribution is 0.102. The largest absolute Gasteiger partial charge is 0.379 e. The van der Waals surface area contributed by atoms with Gasteiger partial charge in [-0.3, -0.25) is 9.36 Å². The van der Waals surface area contributed by atoms with Gasteiger partial charge in [0.05, 0.1) is 25.2 Å². The number of aromatic nitrogens is 2. The quantitative estimate of drug-likeness (QED) is 0.779. The summed E-state index contributed by atoms with van der Waals surface area (Å²) in [6.45, 7) is 7.78. The van der Waals surface area contributed by atoms with Gasteiger partial charge in [0.15, 0.2) is 0 Å². The number of hydrogen-bond donors (Lipinski definition) is 0. The zero-order valence-electron chi connectivity index (χ0n) is 9.86. The Hall–Kier alpha value is -0.680. The minimum atomic E-state index is -0.0550. The van der Waals surface area contributed by atoms with E-state index >= 15 is 0 Å². The first kappa shape index (κ1) is 13.4. The molecule has 0 fully saturated rings. The second-order valence-electron chi connectivity index (χ2n) is 4.11. The van der Waals surface area contributed by atoms with Crippen LogP contribution in [0.3, 0.4) is 0 Å². The minimum absolute atomic E-state index is 0.0550. The van der Waals surface area contributed by atoms with E-state index in [4.69, 9.17) is 4.74 Å². The molecule has 0 saturated carbocycles. The summed E-state index contributed by atoms with van der Waals surface area (Å²) in [5.41, 5.74) is 0.657. The molecule has 0 unspecified atom stereocenters. The van der Waals surface area contributed by atoms with E-state index in [0.717, 1.165) is 6.61 Å². The Balaban J connectivity index is 2.55. The van der Waals surface area contributed by atoms with Gasteiger partial charge in [0, 0.05) is 6.61 Å². The molecule has 1 aromatic rings. The van der Waals surface area contributed by atoms with Crippen molar-refractivity contribution in [2.45, 2.75) is 27.3 Å². The van der Waals surface area contributed by atoms with Crippen LogP contribution < -0.4 is 5.56 Å². The normalized spacial score (nSPS) is 11.1. The highest BCUT2D eigenvalue weighted by molar-refractivity contribution is 9.10. The predicted molar refractivity (Wildman–Crippen MR) is 66.6 cm³/mol. The number of halogens is 1. The molecule has 0 N–H and O–H groups in total. The molecule has 0 amide bonds. The topological polar surface area (TPSA) is 44.1 Å². The fraction of sp³-hybridized carbons (Fsp3) is 0.636. The molecule has 5 heteroatoms. The maximum absolute atomic E-state index is 11.7. The van der Waals surface area contributed by atoms with Crippen molar-refractivity contribution in [3.8, 4) is 0 Å². The van der Waals surface area contributed by atoms with E-state index in [9.17, 15) is 4.79 Å². The van der Waals surface area contributed by atoms with Crippen molar-refractivity contribution in [1.82, 2.24) is 9.55 Å². The van der Waals surface area contributed by atoms with E-state index in [1.54, 1.807) is 17.8 Å². The lowest BCUT2D eigenvalue weighted by Crippen LogP contribution is -2.24. The van der Waals surface area contributed by atoms with Crippen LogP contribution in [0, 0.1) is 12.8 Å². The van der Waals surface area contributed by atoms with Crippen LogP contribution in [0.5, 0.6) is 0 Å². The molecule has 0 spiro atoms. The van der Waals surface area contributed by atoms with Gasteiger partial charge in [-0.2, -0.15) is 0 Å². The average Bonchev–Trinajstić information content (AvgIpc) is 2.23. The molecule has 0 saturated heterocycles. The molecule has 4 nitrogen and oxygen atoms in total. The van der Waals surface area contributed by atoms with E-state index in [0.29, 0.717) is 29.2 Å². The van der Waals surface area contributed by atoms with E-state index in [1.165, 1.54) is 0 Å². The van der Waals surface area contributed by atoms with Gasteiger partial charge in [-0.1, -0.05) is 13.8 Å². The first-order chi connectivity index (χ1) is 7.52. The number of ether oxygens (including phenoxy) is 1. The summed E-state index contributed by atoms with van der Waals surface area (Å²) < 4.78 is 7.50. The first-order valence-corrected chi connectivity index (χ1v) is 6.11. The summed E-state index contributed by atoms with van der Waals surface area (Å²) in [4.78, 5) is 15.9. The monoisotopic (exact) mass is 288 g/mol. The molecule has 1 heterocycles. The highest BCUT2D eigenvalue weighted by atomic mass is 79.9. The van der Waals surface area contributed by atoms with E-state index in [1.807, 2.05) is 0 Å².